The van der Waals surface area contributed by atoms with E-state index in [1.807, 2.05) is 6.92 Å². The second-order valence-electron chi connectivity index (χ2n) is 5.29. The summed E-state index contributed by atoms with van der Waals surface area (Å²) in [6.07, 6.45) is -3.76. The van der Waals surface area contributed by atoms with E-state index in [4.69, 9.17) is 0 Å². The summed E-state index contributed by atoms with van der Waals surface area (Å²) < 4.78 is 59.9. The van der Waals surface area contributed by atoms with E-state index < -0.39 is 26.7 Å². The highest BCUT2D eigenvalue weighted by atomic mass is 32.2. The number of benzene rings is 1. The number of hydrogen-bond acceptors (Lipinski definition) is 4. The highest BCUT2D eigenvalue weighted by molar-refractivity contribution is 7.91. The van der Waals surface area contributed by atoms with Crippen molar-refractivity contribution < 1.29 is 26.4 Å². The molecule has 9 heteroatoms. The van der Waals surface area contributed by atoms with Crippen LogP contribution in [0.5, 0.6) is 0 Å². The molecule has 0 fully saturated rings. The second kappa shape index (κ2) is 9.03. The van der Waals surface area contributed by atoms with Gasteiger partial charge in [0.2, 0.25) is 5.91 Å². The molecule has 0 aliphatic carbocycles. The third-order valence-corrected chi connectivity index (χ3v) is 4.75. The van der Waals surface area contributed by atoms with Crippen LogP contribution in [0.15, 0.2) is 29.2 Å². The van der Waals surface area contributed by atoms with Gasteiger partial charge in [0, 0.05) is 13.1 Å². The fourth-order valence-corrected chi connectivity index (χ4v) is 3.10. The number of carbonyl (C=O) groups is 1. The molecule has 0 unspecified atom stereocenters. The van der Waals surface area contributed by atoms with Crippen molar-refractivity contribution in [2.75, 3.05) is 25.4 Å². The van der Waals surface area contributed by atoms with E-state index in [0.29, 0.717) is 18.7 Å². The van der Waals surface area contributed by atoms with Gasteiger partial charge in [-0.15, -0.1) is 0 Å². The highest BCUT2D eigenvalue weighted by Crippen LogP contribution is 2.22. The van der Waals surface area contributed by atoms with Crippen LogP contribution < -0.4 is 10.6 Å². The van der Waals surface area contributed by atoms with Crippen LogP contribution in [0.2, 0.25) is 0 Å². The molecular weight excluding hydrogens is 345 g/mol. The molecule has 136 valence electrons. The molecule has 0 aliphatic heterocycles. The molecule has 0 saturated carbocycles. The van der Waals surface area contributed by atoms with Crippen molar-refractivity contribution in [3.05, 3.63) is 29.8 Å². The first-order valence-electron chi connectivity index (χ1n) is 7.50. The van der Waals surface area contributed by atoms with Crippen molar-refractivity contribution in [3.63, 3.8) is 0 Å². The van der Waals surface area contributed by atoms with Crippen LogP contribution in [-0.4, -0.2) is 45.9 Å². The first kappa shape index (κ1) is 20.4. The Kier molecular flexibility index (Phi) is 7.68. The van der Waals surface area contributed by atoms with Crippen LogP contribution >= 0.6 is 0 Å². The molecule has 1 aromatic carbocycles. The standard InChI is InChI=1S/C15H21F3N2O3S/c1-2-7-19-8-9-20-14(21)10-12-3-5-13(6-4-12)24(22,23)11-15(16,17)18/h3-6,19H,2,7-11H2,1H3,(H,20,21). The average Bonchev–Trinajstić information content (AvgIpc) is 2.45. The predicted octanol–water partition coefficient (Wildman–Crippen LogP) is 1.68. The third kappa shape index (κ3) is 7.78. The summed E-state index contributed by atoms with van der Waals surface area (Å²) >= 11 is 0. The van der Waals surface area contributed by atoms with E-state index in [1.54, 1.807) is 0 Å². The van der Waals surface area contributed by atoms with E-state index in [9.17, 15) is 26.4 Å². The lowest BCUT2D eigenvalue weighted by atomic mass is 10.1. The maximum absolute atomic E-state index is 12.2. The van der Waals surface area contributed by atoms with Gasteiger partial charge in [0.15, 0.2) is 15.6 Å². The van der Waals surface area contributed by atoms with E-state index in [-0.39, 0.29) is 12.3 Å². The lowest BCUT2D eigenvalue weighted by molar-refractivity contribution is -0.120. The zero-order chi connectivity index (χ0) is 18.2. The minimum Gasteiger partial charge on any atom is -0.355 e. The summed E-state index contributed by atoms with van der Waals surface area (Å²) in [6, 6.07) is 4.87. The average molecular weight is 366 g/mol. The Hall–Kier alpha value is -1.61. The van der Waals surface area contributed by atoms with Gasteiger partial charge in [0.1, 0.15) is 0 Å². The molecule has 24 heavy (non-hydrogen) atoms. The molecule has 0 atom stereocenters. The Morgan fingerprint density at radius 2 is 1.71 bits per heavy atom. The summed E-state index contributed by atoms with van der Waals surface area (Å²) in [4.78, 5) is 11.3. The van der Waals surface area contributed by atoms with Gasteiger partial charge in [-0.1, -0.05) is 19.1 Å². The number of nitrogens with one attached hydrogen (secondary N) is 2. The molecule has 5 nitrogen and oxygen atoms in total. The third-order valence-electron chi connectivity index (χ3n) is 3.05. The van der Waals surface area contributed by atoms with Crippen molar-refractivity contribution in [3.8, 4) is 0 Å². The Labute approximate surface area is 139 Å². The van der Waals surface area contributed by atoms with E-state index in [0.717, 1.165) is 25.1 Å². The molecule has 1 rings (SSSR count). The molecule has 1 aromatic rings. The van der Waals surface area contributed by atoms with Gasteiger partial charge >= 0.3 is 6.18 Å². The Morgan fingerprint density at radius 3 is 2.25 bits per heavy atom. The molecule has 1 amide bonds. The molecule has 0 bridgehead atoms. The quantitative estimate of drug-likeness (QED) is 0.652. The molecule has 0 saturated heterocycles. The van der Waals surface area contributed by atoms with Gasteiger partial charge in [0.05, 0.1) is 11.3 Å². The van der Waals surface area contributed by atoms with Gasteiger partial charge in [-0.3, -0.25) is 4.79 Å². The normalized spacial score (nSPS) is 12.2. The van der Waals surface area contributed by atoms with E-state index in [1.165, 1.54) is 12.1 Å². The summed E-state index contributed by atoms with van der Waals surface area (Å²) in [5, 5.41) is 5.82. The number of hydrogen-bond donors (Lipinski definition) is 2. The fraction of sp³-hybridized carbons (Fsp3) is 0.533. The first-order valence-corrected chi connectivity index (χ1v) is 9.15. The van der Waals surface area contributed by atoms with Gasteiger partial charge < -0.3 is 10.6 Å². The predicted molar refractivity (Wildman–Crippen MR) is 84.4 cm³/mol. The largest absolute Gasteiger partial charge is 0.403 e. The van der Waals surface area contributed by atoms with Gasteiger partial charge in [-0.05, 0) is 30.7 Å². The van der Waals surface area contributed by atoms with E-state index >= 15 is 0 Å². The first-order chi connectivity index (χ1) is 11.1. The zero-order valence-corrected chi connectivity index (χ0v) is 14.1. The number of rotatable bonds is 9. The molecule has 2 N–H and O–H groups in total. The van der Waals surface area contributed by atoms with Gasteiger partial charge in [0.25, 0.3) is 0 Å². The Bertz CT molecular complexity index is 628. The van der Waals surface area contributed by atoms with Crippen LogP contribution in [-0.2, 0) is 21.1 Å². The maximum Gasteiger partial charge on any atom is 0.403 e. The number of amides is 1. The molecule has 0 radical (unpaired) electrons. The van der Waals surface area contributed by atoms with Crippen molar-refractivity contribution in [1.29, 1.82) is 0 Å². The molecule has 0 heterocycles. The lowest BCUT2D eigenvalue weighted by Crippen LogP contribution is -2.33. The van der Waals surface area contributed by atoms with Crippen molar-refractivity contribution in [2.45, 2.75) is 30.8 Å². The number of sulfone groups is 1. The fourth-order valence-electron chi connectivity index (χ4n) is 1.95. The second-order valence-corrected chi connectivity index (χ2v) is 7.28. The van der Waals surface area contributed by atoms with Gasteiger partial charge in [-0.2, -0.15) is 13.2 Å². The van der Waals surface area contributed by atoms with Crippen molar-refractivity contribution in [1.82, 2.24) is 10.6 Å². The maximum atomic E-state index is 12.2. The molecule has 0 aliphatic rings. The summed E-state index contributed by atoms with van der Waals surface area (Å²) in [7, 11) is -4.42. The van der Waals surface area contributed by atoms with E-state index in [2.05, 4.69) is 10.6 Å². The van der Waals surface area contributed by atoms with Crippen molar-refractivity contribution >= 4 is 15.7 Å². The SMILES string of the molecule is CCCNCCNC(=O)Cc1ccc(S(=O)(=O)CC(F)(F)F)cc1. The molecular formula is C15H21F3N2O3S. The summed E-state index contributed by atoms with van der Waals surface area (Å²) in [6.45, 7) is 4.01. The topological polar surface area (TPSA) is 75.3 Å². The van der Waals surface area contributed by atoms with Crippen LogP contribution in [0.3, 0.4) is 0 Å². The lowest BCUT2D eigenvalue weighted by Gasteiger charge is -2.09. The van der Waals surface area contributed by atoms with Crippen LogP contribution in [0.1, 0.15) is 18.9 Å². The smallest absolute Gasteiger partial charge is 0.355 e. The van der Waals surface area contributed by atoms with Gasteiger partial charge in [-0.25, -0.2) is 8.42 Å². The summed E-state index contributed by atoms with van der Waals surface area (Å²) in [5.41, 5.74) is 0.528. The Morgan fingerprint density at radius 1 is 1.08 bits per heavy atom. The van der Waals surface area contributed by atoms with Crippen LogP contribution in [0, 0.1) is 0 Å². The number of carbonyl (C=O) groups excluding carboxylic acids is 1. The number of alkyl halides is 3. The van der Waals surface area contributed by atoms with Crippen molar-refractivity contribution in [2.24, 2.45) is 0 Å². The summed E-state index contributed by atoms with van der Waals surface area (Å²) in [5.74, 6) is -2.14. The monoisotopic (exact) mass is 366 g/mol. The number of halogens is 3. The Balaban J connectivity index is 2.54. The highest BCUT2D eigenvalue weighted by Gasteiger charge is 2.35. The zero-order valence-electron chi connectivity index (χ0n) is 13.3. The molecule has 0 aromatic heterocycles. The van der Waals surface area contributed by atoms with Crippen LogP contribution in [0.4, 0.5) is 13.2 Å². The molecule has 0 spiro atoms. The minimum absolute atomic E-state index is 0.0351. The van der Waals surface area contributed by atoms with Crippen LogP contribution in [0.25, 0.3) is 0 Å². The minimum atomic E-state index is -4.79.